The van der Waals surface area contributed by atoms with Crippen LogP contribution in [0.2, 0.25) is 10.0 Å². The number of carbonyl (C=O) groups is 1. The summed E-state index contributed by atoms with van der Waals surface area (Å²) in [5, 5.41) is 3.76. The van der Waals surface area contributed by atoms with E-state index in [1.807, 2.05) is 13.8 Å². The Bertz CT molecular complexity index is 702. The molecule has 0 bridgehead atoms. The summed E-state index contributed by atoms with van der Waals surface area (Å²) >= 11 is 12.2. The Labute approximate surface area is 133 Å². The molecule has 0 aliphatic rings. The second-order valence-corrected chi connectivity index (χ2v) is 5.52. The molecular weight excluding hydrogens is 309 g/mol. The molecule has 4 nitrogen and oxygen atoms in total. The van der Waals surface area contributed by atoms with E-state index >= 15 is 0 Å². The predicted octanol–water partition coefficient (Wildman–Crippen LogP) is 4.15. The molecule has 0 aliphatic heterocycles. The van der Waals surface area contributed by atoms with Crippen LogP contribution < -0.4 is 16.6 Å². The van der Waals surface area contributed by atoms with Crippen molar-refractivity contribution in [1.29, 1.82) is 0 Å². The lowest BCUT2D eigenvalue weighted by atomic mass is 10.1. The summed E-state index contributed by atoms with van der Waals surface area (Å²) < 4.78 is 0. The quantitative estimate of drug-likeness (QED) is 0.587. The molecule has 2 rings (SSSR count). The number of halogens is 2. The van der Waals surface area contributed by atoms with Crippen molar-refractivity contribution in [2.45, 2.75) is 13.8 Å². The van der Waals surface area contributed by atoms with Gasteiger partial charge < -0.3 is 10.7 Å². The molecule has 0 aliphatic carbocycles. The number of anilines is 2. The molecule has 2 aromatic carbocycles. The van der Waals surface area contributed by atoms with Gasteiger partial charge in [-0.2, -0.15) is 0 Å². The smallest absolute Gasteiger partial charge is 0.255 e. The monoisotopic (exact) mass is 323 g/mol. The Hall–Kier alpha value is -1.75. The van der Waals surface area contributed by atoms with Gasteiger partial charge in [0.2, 0.25) is 0 Å². The maximum absolute atomic E-state index is 12.3. The molecule has 0 saturated heterocycles. The minimum absolute atomic E-state index is 0.252. The number of amides is 1. The molecule has 0 unspecified atom stereocenters. The summed E-state index contributed by atoms with van der Waals surface area (Å²) in [5.41, 5.74) is 5.96. The first-order valence-electron chi connectivity index (χ1n) is 6.26. The van der Waals surface area contributed by atoms with Crippen LogP contribution in [0.4, 0.5) is 11.4 Å². The third kappa shape index (κ3) is 3.47. The minimum atomic E-state index is -0.252. The molecule has 1 amide bonds. The number of hydrogen-bond acceptors (Lipinski definition) is 3. The lowest BCUT2D eigenvalue weighted by Gasteiger charge is -2.11. The average Bonchev–Trinajstić information content (AvgIpc) is 2.44. The highest BCUT2D eigenvalue weighted by Gasteiger charge is 2.12. The summed E-state index contributed by atoms with van der Waals surface area (Å²) in [7, 11) is 0. The number of carbonyl (C=O) groups excluding carboxylic acids is 1. The van der Waals surface area contributed by atoms with Crippen molar-refractivity contribution in [2.24, 2.45) is 5.84 Å². The fraction of sp³-hybridized carbons (Fsp3) is 0.133. The van der Waals surface area contributed by atoms with Crippen molar-refractivity contribution in [3.63, 3.8) is 0 Å². The molecule has 4 N–H and O–H groups in total. The summed E-state index contributed by atoms with van der Waals surface area (Å²) in [6.07, 6.45) is 0. The Morgan fingerprint density at radius 1 is 1.05 bits per heavy atom. The first-order valence-corrected chi connectivity index (χ1v) is 7.02. The third-order valence-corrected chi connectivity index (χ3v) is 3.85. The van der Waals surface area contributed by atoms with E-state index in [1.165, 1.54) is 0 Å². The number of hydrogen-bond donors (Lipinski definition) is 3. The van der Waals surface area contributed by atoms with Gasteiger partial charge in [-0.15, -0.1) is 0 Å². The molecule has 110 valence electrons. The zero-order valence-corrected chi connectivity index (χ0v) is 13.1. The number of nitrogens with one attached hydrogen (secondary N) is 2. The van der Waals surface area contributed by atoms with Crippen LogP contribution in [0, 0.1) is 13.8 Å². The predicted molar refractivity (Wildman–Crippen MR) is 88.1 cm³/mol. The van der Waals surface area contributed by atoms with Crippen LogP contribution in [-0.2, 0) is 0 Å². The van der Waals surface area contributed by atoms with E-state index < -0.39 is 0 Å². The van der Waals surface area contributed by atoms with Crippen LogP contribution >= 0.6 is 23.2 Å². The largest absolute Gasteiger partial charge is 0.324 e. The van der Waals surface area contributed by atoms with Crippen molar-refractivity contribution in [2.75, 3.05) is 10.7 Å². The van der Waals surface area contributed by atoms with Crippen molar-refractivity contribution in [3.8, 4) is 0 Å². The molecule has 0 fully saturated rings. The number of benzene rings is 2. The van der Waals surface area contributed by atoms with Gasteiger partial charge in [-0.3, -0.25) is 10.6 Å². The van der Waals surface area contributed by atoms with E-state index in [4.69, 9.17) is 29.0 Å². The van der Waals surface area contributed by atoms with Gasteiger partial charge in [-0.25, -0.2) is 0 Å². The van der Waals surface area contributed by atoms with Crippen LogP contribution in [0.5, 0.6) is 0 Å². The van der Waals surface area contributed by atoms with E-state index in [9.17, 15) is 4.79 Å². The van der Waals surface area contributed by atoms with Crippen molar-refractivity contribution in [3.05, 3.63) is 57.1 Å². The second kappa shape index (κ2) is 6.35. The van der Waals surface area contributed by atoms with Crippen LogP contribution in [0.3, 0.4) is 0 Å². The van der Waals surface area contributed by atoms with Crippen molar-refractivity contribution < 1.29 is 4.79 Å². The molecular formula is C15H15Cl2N3O. The average molecular weight is 324 g/mol. The van der Waals surface area contributed by atoms with Gasteiger partial charge in [0.1, 0.15) is 0 Å². The fourth-order valence-corrected chi connectivity index (χ4v) is 2.37. The van der Waals surface area contributed by atoms with Gasteiger partial charge in [-0.05, 0) is 55.3 Å². The van der Waals surface area contributed by atoms with E-state index in [2.05, 4.69) is 10.7 Å². The van der Waals surface area contributed by atoms with E-state index in [-0.39, 0.29) is 5.91 Å². The number of nitrogen functional groups attached to an aromatic ring is 1. The number of aryl methyl sites for hydroxylation is 2. The van der Waals surface area contributed by atoms with Crippen LogP contribution in [0.25, 0.3) is 0 Å². The highest BCUT2D eigenvalue weighted by molar-refractivity contribution is 6.36. The lowest BCUT2D eigenvalue weighted by Crippen LogP contribution is -2.14. The van der Waals surface area contributed by atoms with Gasteiger partial charge in [-0.1, -0.05) is 23.2 Å². The Kier molecular flexibility index (Phi) is 4.73. The molecule has 0 heterocycles. The first-order chi connectivity index (χ1) is 9.92. The molecule has 2 aromatic rings. The first kappa shape index (κ1) is 15.6. The Morgan fingerprint density at radius 2 is 1.76 bits per heavy atom. The highest BCUT2D eigenvalue weighted by Crippen LogP contribution is 2.29. The normalized spacial score (nSPS) is 10.3. The SMILES string of the molecule is Cc1cc(Cl)c(NC(=O)c2ccc(NN)cc2C)cc1Cl. The van der Waals surface area contributed by atoms with Crippen LogP contribution in [0.15, 0.2) is 30.3 Å². The van der Waals surface area contributed by atoms with Crippen molar-refractivity contribution in [1.82, 2.24) is 0 Å². The molecule has 0 spiro atoms. The van der Waals surface area contributed by atoms with E-state index in [0.29, 0.717) is 21.3 Å². The maximum atomic E-state index is 12.3. The minimum Gasteiger partial charge on any atom is -0.324 e. The van der Waals surface area contributed by atoms with Gasteiger partial charge in [0.05, 0.1) is 10.7 Å². The number of nitrogens with two attached hydrogens (primary N) is 1. The third-order valence-electron chi connectivity index (χ3n) is 3.13. The topological polar surface area (TPSA) is 67.2 Å². The van der Waals surface area contributed by atoms with E-state index in [1.54, 1.807) is 30.3 Å². The number of rotatable bonds is 3. The summed E-state index contributed by atoms with van der Waals surface area (Å²) in [6.45, 7) is 3.68. The van der Waals surface area contributed by atoms with E-state index in [0.717, 1.165) is 16.8 Å². The van der Waals surface area contributed by atoms with Crippen molar-refractivity contribution >= 4 is 40.5 Å². The molecule has 0 saturated carbocycles. The van der Waals surface area contributed by atoms with Gasteiger partial charge >= 0.3 is 0 Å². The van der Waals surface area contributed by atoms with Gasteiger partial charge in [0, 0.05) is 16.3 Å². The second-order valence-electron chi connectivity index (χ2n) is 4.71. The standard InChI is InChI=1S/C15H15Cl2N3O/c1-8-5-10(20-18)3-4-11(8)15(21)19-14-7-12(16)9(2)6-13(14)17/h3-7,20H,18H2,1-2H3,(H,19,21). The van der Waals surface area contributed by atoms with Gasteiger partial charge in [0.25, 0.3) is 5.91 Å². The lowest BCUT2D eigenvalue weighted by molar-refractivity contribution is 0.102. The molecule has 0 radical (unpaired) electrons. The zero-order chi connectivity index (χ0) is 15.6. The maximum Gasteiger partial charge on any atom is 0.255 e. The van der Waals surface area contributed by atoms with Gasteiger partial charge in [0.15, 0.2) is 0 Å². The number of hydrazine groups is 1. The Balaban J connectivity index is 2.28. The Morgan fingerprint density at radius 3 is 2.38 bits per heavy atom. The fourth-order valence-electron chi connectivity index (χ4n) is 1.94. The summed E-state index contributed by atoms with van der Waals surface area (Å²) in [6, 6.07) is 8.57. The zero-order valence-electron chi connectivity index (χ0n) is 11.6. The highest BCUT2D eigenvalue weighted by atomic mass is 35.5. The molecule has 0 aromatic heterocycles. The summed E-state index contributed by atoms with van der Waals surface area (Å²) in [4.78, 5) is 12.3. The summed E-state index contributed by atoms with van der Waals surface area (Å²) in [5.74, 6) is 5.08. The van der Waals surface area contributed by atoms with Crippen LogP contribution in [0.1, 0.15) is 21.5 Å². The molecule has 21 heavy (non-hydrogen) atoms. The molecule has 0 atom stereocenters. The molecule has 6 heteroatoms. The van der Waals surface area contributed by atoms with Crippen LogP contribution in [-0.4, -0.2) is 5.91 Å².